The first-order chi connectivity index (χ1) is 19.2. The van der Waals surface area contributed by atoms with E-state index < -0.39 is 28.7 Å². The van der Waals surface area contributed by atoms with Crippen molar-refractivity contribution in [2.45, 2.75) is 76.0 Å². The SMILES string of the molecule is C=CCN(C(=O)C1N([C@@H](CO)[C@@H](C)CC)C(=O)[C@@H]2[C@H](C(=O)OCC)[C@@H]3CCC12S3)c1ccc(N(CC)CC)cc1. The van der Waals surface area contributed by atoms with Crippen LogP contribution in [0.3, 0.4) is 0 Å². The average Bonchev–Trinajstić information content (AvgIpc) is 3.60. The summed E-state index contributed by atoms with van der Waals surface area (Å²) in [6.07, 6.45) is 3.87. The zero-order valence-electron chi connectivity index (χ0n) is 24.5. The molecule has 0 saturated carbocycles. The first-order valence-electron chi connectivity index (χ1n) is 14.8. The van der Waals surface area contributed by atoms with Crippen LogP contribution in [0.1, 0.15) is 53.9 Å². The Hall–Kier alpha value is -2.52. The molecule has 9 heteroatoms. The number of aliphatic hydroxyl groups excluding tert-OH is 1. The van der Waals surface area contributed by atoms with Gasteiger partial charge in [0.25, 0.3) is 5.91 Å². The molecule has 8 nitrogen and oxygen atoms in total. The first-order valence-corrected chi connectivity index (χ1v) is 15.7. The molecule has 0 radical (unpaired) electrons. The van der Waals surface area contributed by atoms with Gasteiger partial charge >= 0.3 is 5.97 Å². The van der Waals surface area contributed by atoms with E-state index in [4.69, 9.17) is 4.74 Å². The van der Waals surface area contributed by atoms with Gasteiger partial charge in [-0.25, -0.2) is 0 Å². The van der Waals surface area contributed by atoms with Gasteiger partial charge in [0.05, 0.1) is 35.8 Å². The molecule has 3 aliphatic heterocycles. The van der Waals surface area contributed by atoms with E-state index in [1.165, 1.54) is 0 Å². The van der Waals surface area contributed by atoms with E-state index in [1.807, 2.05) is 38.1 Å². The summed E-state index contributed by atoms with van der Waals surface area (Å²) in [7, 11) is 0. The molecule has 2 unspecified atom stereocenters. The zero-order valence-corrected chi connectivity index (χ0v) is 25.4. The van der Waals surface area contributed by atoms with Crippen LogP contribution in [0.4, 0.5) is 11.4 Å². The molecule has 3 aliphatic rings. The number of ether oxygens (including phenoxy) is 1. The minimum absolute atomic E-state index is 0.0241. The Morgan fingerprint density at radius 3 is 2.40 bits per heavy atom. The molecule has 1 aromatic carbocycles. The summed E-state index contributed by atoms with van der Waals surface area (Å²) in [5.41, 5.74) is 1.81. The molecule has 7 atom stereocenters. The number of thioether (sulfide) groups is 1. The van der Waals surface area contributed by atoms with Crippen molar-refractivity contribution in [1.29, 1.82) is 0 Å². The number of fused-ring (bicyclic) bond motifs is 1. The number of benzene rings is 1. The van der Waals surface area contributed by atoms with Crippen molar-refractivity contribution in [1.82, 2.24) is 4.90 Å². The third-order valence-corrected chi connectivity index (χ3v) is 11.2. The highest BCUT2D eigenvalue weighted by Gasteiger charge is 2.75. The summed E-state index contributed by atoms with van der Waals surface area (Å²) in [5, 5.41) is 10.5. The Labute approximate surface area is 243 Å². The topological polar surface area (TPSA) is 90.4 Å². The molecule has 0 aromatic heterocycles. The second-order valence-corrected chi connectivity index (χ2v) is 12.7. The van der Waals surface area contributed by atoms with Crippen molar-refractivity contribution >= 4 is 40.9 Å². The Balaban J connectivity index is 1.79. The normalized spacial score (nSPS) is 28.2. The third kappa shape index (κ3) is 4.93. The number of hydrogen-bond acceptors (Lipinski definition) is 7. The molecule has 40 heavy (non-hydrogen) atoms. The van der Waals surface area contributed by atoms with Crippen LogP contribution in [0.5, 0.6) is 0 Å². The lowest BCUT2D eigenvalue weighted by Crippen LogP contribution is -2.58. The molecular formula is C31H45N3O5S. The summed E-state index contributed by atoms with van der Waals surface area (Å²) >= 11 is 1.62. The monoisotopic (exact) mass is 571 g/mol. The molecule has 3 saturated heterocycles. The van der Waals surface area contributed by atoms with Crippen molar-refractivity contribution in [3.63, 3.8) is 0 Å². The van der Waals surface area contributed by atoms with E-state index in [-0.39, 0.29) is 48.7 Å². The number of anilines is 2. The standard InChI is InChI=1S/C31H45N3O5S/c1-7-18-33(22-14-12-21(13-15-22)32(9-3)10-4)29(37)27-31-17-16-24(40-31)25(30(38)39-11-5)26(31)28(36)34(27)23(19-35)20(6)8-2/h7,12-15,20,23-27,35H,1,8-11,16-19H2,2-6H3/t20-,23-,24-,25+,26-,27?,31?/m0/s1. The molecular weight excluding hydrogens is 526 g/mol. The van der Waals surface area contributed by atoms with Crippen LogP contribution in [0.2, 0.25) is 0 Å². The van der Waals surface area contributed by atoms with Crippen molar-refractivity contribution in [3.8, 4) is 0 Å². The molecule has 2 amide bonds. The van der Waals surface area contributed by atoms with Crippen molar-refractivity contribution in [2.24, 2.45) is 17.8 Å². The van der Waals surface area contributed by atoms with Crippen molar-refractivity contribution in [3.05, 3.63) is 36.9 Å². The highest BCUT2D eigenvalue weighted by Crippen LogP contribution is 2.67. The van der Waals surface area contributed by atoms with E-state index in [0.717, 1.165) is 37.3 Å². The van der Waals surface area contributed by atoms with Gasteiger partial charge in [-0.1, -0.05) is 26.3 Å². The van der Waals surface area contributed by atoms with Crippen LogP contribution in [-0.2, 0) is 19.1 Å². The number of likely N-dealkylation sites (tertiary alicyclic amines) is 1. The van der Waals surface area contributed by atoms with Crippen molar-refractivity contribution < 1.29 is 24.2 Å². The highest BCUT2D eigenvalue weighted by molar-refractivity contribution is 8.02. The van der Waals surface area contributed by atoms with Crippen LogP contribution in [0, 0.1) is 17.8 Å². The van der Waals surface area contributed by atoms with Crippen molar-refractivity contribution in [2.75, 3.05) is 42.6 Å². The quantitative estimate of drug-likeness (QED) is 0.282. The lowest BCUT2D eigenvalue weighted by atomic mass is 9.71. The lowest BCUT2D eigenvalue weighted by Gasteiger charge is -2.41. The number of carbonyl (C=O) groups is 3. The molecule has 3 heterocycles. The summed E-state index contributed by atoms with van der Waals surface area (Å²) in [6, 6.07) is 6.62. The fraction of sp³-hybridized carbons (Fsp3) is 0.645. The highest BCUT2D eigenvalue weighted by atomic mass is 32.2. The second-order valence-electron chi connectivity index (χ2n) is 11.1. The number of aliphatic hydroxyl groups is 1. The number of rotatable bonds is 13. The van der Waals surface area contributed by atoms with Crippen LogP contribution in [0.15, 0.2) is 36.9 Å². The first kappa shape index (κ1) is 30.4. The van der Waals surface area contributed by atoms with Crippen LogP contribution >= 0.6 is 11.8 Å². The number of hydrogen-bond donors (Lipinski definition) is 1. The summed E-state index contributed by atoms with van der Waals surface area (Å²) in [6.45, 7) is 16.0. The fourth-order valence-corrected chi connectivity index (χ4v) is 9.27. The van der Waals surface area contributed by atoms with E-state index in [9.17, 15) is 19.5 Å². The minimum atomic E-state index is -0.798. The Morgan fingerprint density at radius 2 is 1.85 bits per heavy atom. The van der Waals surface area contributed by atoms with Crippen LogP contribution < -0.4 is 9.80 Å². The minimum Gasteiger partial charge on any atom is -0.466 e. The van der Waals surface area contributed by atoms with E-state index >= 15 is 0 Å². The number of amides is 2. The maximum Gasteiger partial charge on any atom is 0.310 e. The molecule has 0 aliphatic carbocycles. The number of carbonyl (C=O) groups excluding carboxylic acids is 3. The van der Waals surface area contributed by atoms with Gasteiger partial charge in [-0.15, -0.1) is 18.3 Å². The second kappa shape index (κ2) is 12.6. The largest absolute Gasteiger partial charge is 0.466 e. The number of nitrogens with zero attached hydrogens (tertiary/aromatic N) is 3. The lowest BCUT2D eigenvalue weighted by molar-refractivity contribution is -0.154. The predicted molar refractivity (Wildman–Crippen MR) is 160 cm³/mol. The maximum atomic E-state index is 14.7. The maximum absolute atomic E-state index is 14.7. The smallest absolute Gasteiger partial charge is 0.310 e. The van der Waals surface area contributed by atoms with Gasteiger partial charge in [-0.2, -0.15) is 0 Å². The summed E-state index contributed by atoms with van der Waals surface area (Å²) < 4.78 is 4.70. The summed E-state index contributed by atoms with van der Waals surface area (Å²) in [4.78, 5) is 47.8. The fourth-order valence-electron chi connectivity index (χ4n) is 7.08. The van der Waals surface area contributed by atoms with Gasteiger partial charge in [0.1, 0.15) is 6.04 Å². The van der Waals surface area contributed by atoms with Gasteiger partial charge in [0.2, 0.25) is 5.91 Å². The average molecular weight is 572 g/mol. The van der Waals surface area contributed by atoms with Gasteiger partial charge in [-0.3, -0.25) is 14.4 Å². The van der Waals surface area contributed by atoms with Gasteiger partial charge in [-0.05, 0) is 63.8 Å². The molecule has 220 valence electrons. The van der Waals surface area contributed by atoms with Gasteiger partial charge in [0, 0.05) is 36.3 Å². The van der Waals surface area contributed by atoms with E-state index in [2.05, 4.69) is 25.3 Å². The molecule has 2 bridgehead atoms. The van der Waals surface area contributed by atoms with E-state index in [1.54, 1.807) is 34.6 Å². The molecule has 4 rings (SSSR count). The van der Waals surface area contributed by atoms with Crippen LogP contribution in [-0.4, -0.2) is 82.7 Å². The summed E-state index contributed by atoms with van der Waals surface area (Å²) in [5.74, 6) is -2.00. The Bertz CT molecular complexity index is 1090. The van der Waals surface area contributed by atoms with Crippen LogP contribution in [0.25, 0.3) is 0 Å². The Kier molecular flexibility index (Phi) is 9.55. The third-order valence-electron chi connectivity index (χ3n) is 9.24. The molecule has 1 spiro atoms. The van der Waals surface area contributed by atoms with E-state index in [0.29, 0.717) is 6.42 Å². The number of esters is 1. The zero-order chi connectivity index (χ0) is 29.2. The van der Waals surface area contributed by atoms with Gasteiger partial charge in [0.15, 0.2) is 0 Å². The van der Waals surface area contributed by atoms with Gasteiger partial charge < -0.3 is 24.5 Å². The predicted octanol–water partition coefficient (Wildman–Crippen LogP) is 4.11. The molecule has 1 aromatic rings. The molecule has 3 fully saturated rings. The Morgan fingerprint density at radius 1 is 1.20 bits per heavy atom. The molecule has 1 N–H and O–H groups in total.